The van der Waals surface area contributed by atoms with E-state index in [-0.39, 0.29) is 5.91 Å². The summed E-state index contributed by atoms with van der Waals surface area (Å²) in [6, 6.07) is -0.520. The second kappa shape index (κ2) is 11.3. The first kappa shape index (κ1) is 17.2. The molecule has 0 rings (SSSR count). The van der Waals surface area contributed by atoms with Crippen molar-refractivity contribution in [2.24, 2.45) is 4.99 Å². The van der Waals surface area contributed by atoms with Gasteiger partial charge in [-0.2, -0.15) is 0 Å². The number of hydrogen-bond donors (Lipinski definition) is 1. The maximum absolute atomic E-state index is 11.6. The molecule has 0 unspecified atom stereocenters. The van der Waals surface area contributed by atoms with Crippen molar-refractivity contribution >= 4 is 23.5 Å². The van der Waals surface area contributed by atoms with Crippen LogP contribution in [0.5, 0.6) is 0 Å². The number of nitrogens with zero attached hydrogens (tertiary/aromatic N) is 1. The number of aliphatic imine (C=N–C) groups is 1. The van der Waals surface area contributed by atoms with Gasteiger partial charge < -0.3 is 0 Å². The van der Waals surface area contributed by atoms with Crippen molar-refractivity contribution in [1.82, 2.24) is 5.32 Å². The van der Waals surface area contributed by atoms with E-state index in [0.717, 1.165) is 19.1 Å². The summed E-state index contributed by atoms with van der Waals surface area (Å²) in [6.07, 6.45) is 7.08. The van der Waals surface area contributed by atoms with Crippen molar-refractivity contribution in [3.63, 3.8) is 0 Å². The van der Waals surface area contributed by atoms with Gasteiger partial charge in [-0.05, 0) is 0 Å². The molecule has 5 heteroatoms. The van der Waals surface area contributed by atoms with Crippen LogP contribution in [0.25, 0.3) is 0 Å². The molecule has 0 heterocycles. The average molecular weight is 293 g/mol. The Kier molecular flexibility index (Phi) is 10.8. The fourth-order valence-corrected chi connectivity index (χ4v) is 1.81. The van der Waals surface area contributed by atoms with Gasteiger partial charge >= 0.3 is 117 Å². The first-order valence-electron chi connectivity index (χ1n) is 6.36. The van der Waals surface area contributed by atoms with Gasteiger partial charge in [0.1, 0.15) is 0 Å². The number of nitrogens with one attached hydrogen (secondary N) is 1. The van der Waals surface area contributed by atoms with E-state index in [2.05, 4.69) is 39.5 Å². The summed E-state index contributed by atoms with van der Waals surface area (Å²) in [5, 5.41) is 2.68. The minimum atomic E-state index is -0.520. The van der Waals surface area contributed by atoms with Gasteiger partial charge in [-0.3, -0.25) is 0 Å². The van der Waals surface area contributed by atoms with Crippen LogP contribution in [0, 0.1) is 0 Å². The summed E-state index contributed by atoms with van der Waals surface area (Å²) < 4.78 is 0.572. The molecule has 1 amide bonds. The van der Waals surface area contributed by atoms with Crippen LogP contribution >= 0.6 is 0 Å². The topological polar surface area (TPSA) is 58.5 Å². The van der Waals surface area contributed by atoms with Crippen LogP contribution in [-0.2, 0) is 25.2 Å². The molecule has 18 heavy (non-hydrogen) atoms. The average Bonchev–Trinajstić information content (AvgIpc) is 2.37. The van der Waals surface area contributed by atoms with Crippen molar-refractivity contribution < 1.29 is 25.2 Å². The predicted octanol–water partition coefficient (Wildman–Crippen LogP) is 1.80. The second-order valence-corrected chi connectivity index (χ2v) is 4.89. The Balaban J connectivity index is 3.79. The Bertz CT molecular complexity index is 293. The zero-order valence-electron chi connectivity index (χ0n) is 11.0. The Morgan fingerprint density at radius 3 is 2.61 bits per heavy atom. The quantitative estimate of drug-likeness (QED) is 0.273. The number of carbonyl (C=O) groups is 2. The third-order valence-corrected chi connectivity index (χ3v) is 3.01. The summed E-state index contributed by atoms with van der Waals surface area (Å²) in [7, 11) is 0. The SMILES string of the molecule is C=N[C](=[Mn])C[C@H](C=O)NC(=O)CCCCCCC. The molecule has 0 aromatic rings. The molecule has 1 atom stereocenters. The molecule has 0 aliphatic rings. The molecule has 0 fully saturated rings. The number of aldehydes is 1. The molecule has 0 bridgehead atoms. The maximum atomic E-state index is 11.6. The molecular formula is C13H22MnN2O2. The van der Waals surface area contributed by atoms with E-state index in [4.69, 9.17) is 0 Å². The first-order chi connectivity index (χ1) is 8.63. The van der Waals surface area contributed by atoms with Gasteiger partial charge in [-0.15, -0.1) is 0 Å². The summed E-state index contributed by atoms with van der Waals surface area (Å²) in [5.41, 5.74) is 0. The number of hydrogen-bond acceptors (Lipinski definition) is 3. The van der Waals surface area contributed by atoms with Crippen LogP contribution in [0.15, 0.2) is 4.99 Å². The number of amides is 1. The Labute approximate surface area is 117 Å². The van der Waals surface area contributed by atoms with E-state index >= 15 is 0 Å². The van der Waals surface area contributed by atoms with Gasteiger partial charge in [-0.25, -0.2) is 0 Å². The van der Waals surface area contributed by atoms with Crippen LogP contribution in [0.2, 0.25) is 0 Å². The molecule has 0 aliphatic carbocycles. The molecule has 0 saturated heterocycles. The number of carbonyl (C=O) groups excluding carboxylic acids is 2. The van der Waals surface area contributed by atoms with Crippen LogP contribution in [0.4, 0.5) is 0 Å². The van der Waals surface area contributed by atoms with E-state index < -0.39 is 6.04 Å². The Hall–Kier alpha value is -0.801. The molecule has 0 aromatic carbocycles. The zero-order chi connectivity index (χ0) is 13.8. The van der Waals surface area contributed by atoms with E-state index in [1.54, 1.807) is 0 Å². The third kappa shape index (κ3) is 9.25. The van der Waals surface area contributed by atoms with E-state index in [1.807, 2.05) is 0 Å². The number of unbranched alkanes of at least 4 members (excludes halogenated alkanes) is 4. The van der Waals surface area contributed by atoms with Gasteiger partial charge in [0, 0.05) is 0 Å². The van der Waals surface area contributed by atoms with Gasteiger partial charge in [-0.1, -0.05) is 0 Å². The van der Waals surface area contributed by atoms with Gasteiger partial charge in [0.2, 0.25) is 0 Å². The standard InChI is InChI=1S/C13H22N2O2.Mn/c1-3-4-5-6-7-8-13(17)15-12(11-16)9-10-14-2;/h11-12H,2-9H2,1H3,(H,15,17);/t12-;/m1./s1. The van der Waals surface area contributed by atoms with E-state index in [1.165, 1.54) is 19.3 Å². The van der Waals surface area contributed by atoms with E-state index in [0.29, 0.717) is 17.4 Å². The normalized spacial score (nSPS) is 11.6. The van der Waals surface area contributed by atoms with E-state index in [9.17, 15) is 9.59 Å². The molecule has 0 aromatic heterocycles. The molecule has 0 spiro atoms. The van der Waals surface area contributed by atoms with Crippen molar-refractivity contribution in [2.45, 2.75) is 57.9 Å². The fourth-order valence-electron chi connectivity index (χ4n) is 1.55. The first-order valence-corrected chi connectivity index (χ1v) is 6.95. The van der Waals surface area contributed by atoms with Crippen LogP contribution in [0.3, 0.4) is 0 Å². The predicted molar refractivity (Wildman–Crippen MR) is 70.5 cm³/mol. The minimum absolute atomic E-state index is 0.0760. The van der Waals surface area contributed by atoms with Crippen molar-refractivity contribution in [1.29, 1.82) is 0 Å². The molecule has 0 aliphatic heterocycles. The molecule has 0 radical (unpaired) electrons. The van der Waals surface area contributed by atoms with Crippen molar-refractivity contribution in [3.05, 3.63) is 0 Å². The molecule has 1 N–H and O–H groups in total. The summed E-state index contributed by atoms with van der Waals surface area (Å²) in [4.78, 5) is 26.0. The summed E-state index contributed by atoms with van der Waals surface area (Å²) in [6.45, 7) is 5.50. The zero-order valence-corrected chi connectivity index (χ0v) is 12.1. The summed E-state index contributed by atoms with van der Waals surface area (Å²) in [5.74, 6) is -0.0760. The van der Waals surface area contributed by atoms with Crippen LogP contribution < -0.4 is 5.32 Å². The molecular weight excluding hydrogens is 271 g/mol. The fraction of sp³-hybridized carbons (Fsp3) is 0.692. The summed E-state index contributed by atoms with van der Waals surface area (Å²) >= 11 is 3.17. The molecule has 103 valence electrons. The second-order valence-electron chi connectivity index (χ2n) is 4.21. The third-order valence-electron chi connectivity index (χ3n) is 2.58. The molecule has 0 saturated carbocycles. The van der Waals surface area contributed by atoms with Crippen LogP contribution in [0.1, 0.15) is 51.9 Å². The van der Waals surface area contributed by atoms with Crippen molar-refractivity contribution in [3.8, 4) is 0 Å². The van der Waals surface area contributed by atoms with Gasteiger partial charge in [0.25, 0.3) is 0 Å². The number of rotatable bonds is 11. The Morgan fingerprint density at radius 1 is 1.39 bits per heavy atom. The Morgan fingerprint density at radius 2 is 2.06 bits per heavy atom. The molecule has 4 nitrogen and oxygen atoms in total. The van der Waals surface area contributed by atoms with Crippen LogP contribution in [-0.4, -0.2) is 29.5 Å². The monoisotopic (exact) mass is 293 g/mol. The van der Waals surface area contributed by atoms with Gasteiger partial charge in [0.05, 0.1) is 0 Å². The van der Waals surface area contributed by atoms with Crippen molar-refractivity contribution in [2.75, 3.05) is 0 Å². The van der Waals surface area contributed by atoms with Gasteiger partial charge in [0.15, 0.2) is 0 Å².